The van der Waals surface area contributed by atoms with E-state index in [1.807, 2.05) is 18.2 Å². The Balaban J connectivity index is 0.00000200. The SMILES string of the molecule is CC(C)(CNC(=O)C1CCCN1)c1ccccc1Br.Cl. The summed E-state index contributed by atoms with van der Waals surface area (Å²) in [6.07, 6.45) is 2.03. The topological polar surface area (TPSA) is 41.1 Å². The van der Waals surface area contributed by atoms with E-state index in [9.17, 15) is 4.79 Å². The highest BCUT2D eigenvalue weighted by atomic mass is 79.9. The van der Waals surface area contributed by atoms with Gasteiger partial charge in [-0.25, -0.2) is 0 Å². The minimum Gasteiger partial charge on any atom is -0.354 e. The molecule has 1 heterocycles. The maximum absolute atomic E-state index is 12.0. The molecule has 0 aliphatic carbocycles. The van der Waals surface area contributed by atoms with Crippen LogP contribution in [0.25, 0.3) is 0 Å². The van der Waals surface area contributed by atoms with Crippen LogP contribution in [0.1, 0.15) is 32.3 Å². The normalized spacial score (nSPS) is 18.4. The van der Waals surface area contributed by atoms with E-state index in [2.05, 4.69) is 46.5 Å². The molecular weight excluding hydrogens is 340 g/mol. The number of carbonyl (C=O) groups excluding carboxylic acids is 1. The van der Waals surface area contributed by atoms with Gasteiger partial charge in [-0.3, -0.25) is 4.79 Å². The van der Waals surface area contributed by atoms with Crippen molar-refractivity contribution in [2.75, 3.05) is 13.1 Å². The predicted molar refractivity (Wildman–Crippen MR) is 88.5 cm³/mol. The third-order valence-corrected chi connectivity index (χ3v) is 4.38. The van der Waals surface area contributed by atoms with Gasteiger partial charge in [0.2, 0.25) is 5.91 Å². The van der Waals surface area contributed by atoms with Crippen molar-refractivity contribution in [3.05, 3.63) is 34.3 Å². The fourth-order valence-corrected chi connectivity index (χ4v) is 3.27. The summed E-state index contributed by atoms with van der Waals surface area (Å²) in [7, 11) is 0. The van der Waals surface area contributed by atoms with E-state index < -0.39 is 0 Å². The number of halogens is 2. The largest absolute Gasteiger partial charge is 0.354 e. The van der Waals surface area contributed by atoms with Crippen LogP contribution in [0.2, 0.25) is 0 Å². The van der Waals surface area contributed by atoms with E-state index in [-0.39, 0.29) is 29.8 Å². The highest BCUT2D eigenvalue weighted by molar-refractivity contribution is 9.10. The number of benzene rings is 1. The molecule has 1 atom stereocenters. The molecule has 5 heteroatoms. The Morgan fingerprint density at radius 3 is 2.75 bits per heavy atom. The Bertz CT molecular complexity index is 459. The van der Waals surface area contributed by atoms with Crippen LogP contribution in [0.4, 0.5) is 0 Å². The van der Waals surface area contributed by atoms with Gasteiger partial charge in [0.15, 0.2) is 0 Å². The lowest BCUT2D eigenvalue weighted by Crippen LogP contribution is -2.45. The molecule has 3 nitrogen and oxygen atoms in total. The summed E-state index contributed by atoms with van der Waals surface area (Å²) in [6.45, 7) is 5.89. The van der Waals surface area contributed by atoms with Gasteiger partial charge in [-0.1, -0.05) is 48.0 Å². The average molecular weight is 362 g/mol. The smallest absolute Gasteiger partial charge is 0.237 e. The van der Waals surface area contributed by atoms with Crippen LogP contribution >= 0.6 is 28.3 Å². The van der Waals surface area contributed by atoms with Crippen LogP contribution in [0, 0.1) is 0 Å². The minimum absolute atomic E-state index is 0. The van der Waals surface area contributed by atoms with Crippen molar-refractivity contribution in [2.45, 2.75) is 38.1 Å². The van der Waals surface area contributed by atoms with E-state index in [1.165, 1.54) is 5.56 Å². The van der Waals surface area contributed by atoms with Crippen LogP contribution in [-0.4, -0.2) is 25.0 Å². The summed E-state index contributed by atoms with van der Waals surface area (Å²) in [6, 6.07) is 8.17. The second kappa shape index (κ2) is 7.43. The van der Waals surface area contributed by atoms with Crippen LogP contribution in [0.5, 0.6) is 0 Å². The predicted octanol–water partition coefficient (Wildman–Crippen LogP) is 3.02. The van der Waals surface area contributed by atoms with Gasteiger partial charge in [-0.2, -0.15) is 0 Å². The third kappa shape index (κ3) is 4.21. The third-order valence-electron chi connectivity index (χ3n) is 3.68. The van der Waals surface area contributed by atoms with E-state index in [1.54, 1.807) is 0 Å². The summed E-state index contributed by atoms with van der Waals surface area (Å²) in [5.41, 5.74) is 1.13. The number of hydrogen-bond donors (Lipinski definition) is 2. The molecule has 2 N–H and O–H groups in total. The first-order valence-electron chi connectivity index (χ1n) is 6.77. The van der Waals surface area contributed by atoms with Crippen LogP contribution in [0.15, 0.2) is 28.7 Å². The van der Waals surface area contributed by atoms with Crippen LogP contribution in [-0.2, 0) is 10.2 Å². The Hall–Kier alpha value is -0.580. The van der Waals surface area contributed by atoms with Crippen molar-refractivity contribution in [1.29, 1.82) is 0 Å². The molecule has 1 aliphatic heterocycles. The van der Waals surface area contributed by atoms with Gasteiger partial charge < -0.3 is 10.6 Å². The zero-order valence-corrected chi connectivity index (χ0v) is 14.3. The van der Waals surface area contributed by atoms with Crippen molar-refractivity contribution in [2.24, 2.45) is 0 Å². The quantitative estimate of drug-likeness (QED) is 0.865. The number of nitrogens with one attached hydrogen (secondary N) is 2. The molecule has 0 radical (unpaired) electrons. The molecule has 20 heavy (non-hydrogen) atoms. The maximum Gasteiger partial charge on any atom is 0.237 e. The van der Waals surface area contributed by atoms with Gasteiger partial charge in [0.25, 0.3) is 0 Å². The number of carbonyl (C=O) groups is 1. The monoisotopic (exact) mass is 360 g/mol. The summed E-state index contributed by atoms with van der Waals surface area (Å²) in [5.74, 6) is 0.123. The first kappa shape index (κ1) is 17.5. The molecule has 1 fully saturated rings. The van der Waals surface area contributed by atoms with Crippen molar-refractivity contribution in [1.82, 2.24) is 10.6 Å². The Morgan fingerprint density at radius 2 is 2.15 bits per heavy atom. The van der Waals surface area contributed by atoms with Gasteiger partial charge in [-0.05, 0) is 31.0 Å². The number of hydrogen-bond acceptors (Lipinski definition) is 2. The first-order valence-corrected chi connectivity index (χ1v) is 7.56. The molecule has 1 saturated heterocycles. The lowest BCUT2D eigenvalue weighted by molar-refractivity contribution is -0.123. The highest BCUT2D eigenvalue weighted by Gasteiger charge is 2.26. The second-order valence-corrected chi connectivity index (χ2v) is 6.58. The second-order valence-electron chi connectivity index (χ2n) is 5.73. The van der Waals surface area contributed by atoms with Crippen LogP contribution in [0.3, 0.4) is 0 Å². The van der Waals surface area contributed by atoms with Crippen molar-refractivity contribution >= 4 is 34.2 Å². The maximum atomic E-state index is 12.0. The molecular formula is C15H22BrClN2O. The zero-order valence-electron chi connectivity index (χ0n) is 11.9. The molecule has 0 saturated carbocycles. The summed E-state index contributed by atoms with van der Waals surface area (Å²) in [4.78, 5) is 12.0. The first-order chi connectivity index (χ1) is 9.00. The van der Waals surface area contributed by atoms with Gasteiger partial charge in [-0.15, -0.1) is 12.4 Å². The Kier molecular flexibility index (Phi) is 6.49. The molecule has 1 aromatic rings. The summed E-state index contributed by atoms with van der Waals surface area (Å²) in [5, 5.41) is 6.29. The van der Waals surface area contributed by atoms with Crippen molar-refractivity contribution < 1.29 is 4.79 Å². The fourth-order valence-electron chi connectivity index (χ4n) is 2.44. The average Bonchev–Trinajstić information content (AvgIpc) is 2.90. The summed E-state index contributed by atoms with van der Waals surface area (Å²) < 4.78 is 1.09. The summed E-state index contributed by atoms with van der Waals surface area (Å²) >= 11 is 3.58. The lowest BCUT2D eigenvalue weighted by atomic mass is 9.84. The molecule has 1 aromatic carbocycles. The zero-order chi connectivity index (χ0) is 13.9. The molecule has 2 rings (SSSR count). The molecule has 0 spiro atoms. The molecule has 0 bridgehead atoms. The Morgan fingerprint density at radius 1 is 1.45 bits per heavy atom. The van der Waals surface area contributed by atoms with Gasteiger partial charge >= 0.3 is 0 Å². The molecule has 0 aromatic heterocycles. The molecule has 1 amide bonds. The standard InChI is InChI=1S/C15H21BrN2O.ClH/c1-15(2,11-6-3-4-7-12(11)16)10-18-14(19)13-8-5-9-17-13;/h3-4,6-7,13,17H,5,8-10H2,1-2H3,(H,18,19);1H. The van der Waals surface area contributed by atoms with E-state index in [4.69, 9.17) is 0 Å². The lowest BCUT2D eigenvalue weighted by Gasteiger charge is -2.27. The number of amides is 1. The minimum atomic E-state index is -0.0889. The molecule has 1 aliphatic rings. The van der Waals surface area contributed by atoms with Gasteiger partial charge in [0.1, 0.15) is 0 Å². The van der Waals surface area contributed by atoms with Crippen molar-refractivity contribution in [3.8, 4) is 0 Å². The Labute approximate surface area is 135 Å². The van der Waals surface area contributed by atoms with E-state index in [0.29, 0.717) is 6.54 Å². The van der Waals surface area contributed by atoms with Gasteiger partial charge in [0, 0.05) is 16.4 Å². The van der Waals surface area contributed by atoms with Crippen LogP contribution < -0.4 is 10.6 Å². The number of rotatable bonds is 4. The van der Waals surface area contributed by atoms with Gasteiger partial charge in [0.05, 0.1) is 6.04 Å². The molecule has 112 valence electrons. The highest BCUT2D eigenvalue weighted by Crippen LogP contribution is 2.29. The van der Waals surface area contributed by atoms with E-state index in [0.717, 1.165) is 23.9 Å². The molecule has 1 unspecified atom stereocenters. The van der Waals surface area contributed by atoms with Crippen molar-refractivity contribution in [3.63, 3.8) is 0 Å². The van der Waals surface area contributed by atoms with E-state index >= 15 is 0 Å². The fraction of sp³-hybridized carbons (Fsp3) is 0.533.